The summed E-state index contributed by atoms with van der Waals surface area (Å²) in [7, 11) is 0. The van der Waals surface area contributed by atoms with Crippen molar-refractivity contribution >= 4 is 23.2 Å². The Balaban J connectivity index is 1.61. The molecule has 10 heteroatoms. The van der Waals surface area contributed by atoms with Gasteiger partial charge in [-0.05, 0) is 48.9 Å². The van der Waals surface area contributed by atoms with Gasteiger partial charge in [0, 0.05) is 29.1 Å². The number of phenols is 1. The molecule has 0 saturated heterocycles. The van der Waals surface area contributed by atoms with Crippen molar-refractivity contribution in [2.24, 2.45) is 0 Å². The third-order valence-electron chi connectivity index (χ3n) is 5.65. The lowest BCUT2D eigenvalue weighted by atomic mass is 9.95. The highest BCUT2D eigenvalue weighted by Gasteiger charge is 2.34. The van der Waals surface area contributed by atoms with E-state index in [9.17, 15) is 20.0 Å². The van der Waals surface area contributed by atoms with Crippen molar-refractivity contribution in [3.8, 4) is 17.1 Å². The average Bonchev–Trinajstić information content (AvgIpc) is 3.27. The molecule has 2 heterocycles. The molecule has 0 aliphatic carbocycles. The van der Waals surface area contributed by atoms with E-state index in [0.29, 0.717) is 39.9 Å². The minimum absolute atomic E-state index is 0.0575. The van der Waals surface area contributed by atoms with Crippen molar-refractivity contribution in [3.05, 3.63) is 106 Å². The first-order chi connectivity index (χ1) is 16.9. The Kier molecular flexibility index (Phi) is 5.46. The number of carbonyl (C=O) groups is 1. The molecule has 0 saturated carbocycles. The second kappa shape index (κ2) is 8.75. The third-order valence-corrected chi connectivity index (χ3v) is 5.65. The van der Waals surface area contributed by atoms with Crippen molar-refractivity contribution in [2.45, 2.75) is 13.0 Å². The molecule has 1 aromatic heterocycles. The lowest BCUT2D eigenvalue weighted by Crippen LogP contribution is -2.31. The smallest absolute Gasteiger partial charge is 0.269 e. The van der Waals surface area contributed by atoms with E-state index in [1.165, 1.54) is 12.1 Å². The number of carbonyl (C=O) groups excluding carboxylic acids is 1. The predicted molar refractivity (Wildman–Crippen MR) is 130 cm³/mol. The monoisotopic (exact) mass is 468 g/mol. The van der Waals surface area contributed by atoms with E-state index in [4.69, 9.17) is 0 Å². The van der Waals surface area contributed by atoms with Crippen LogP contribution < -0.4 is 10.6 Å². The van der Waals surface area contributed by atoms with Gasteiger partial charge in [-0.15, -0.1) is 5.10 Å². The molecular formula is C25H20N6O4. The van der Waals surface area contributed by atoms with Crippen LogP contribution in [0.25, 0.3) is 11.4 Å². The molecule has 1 aliphatic heterocycles. The van der Waals surface area contributed by atoms with E-state index >= 15 is 0 Å². The Morgan fingerprint density at radius 2 is 1.83 bits per heavy atom. The highest BCUT2D eigenvalue weighted by molar-refractivity contribution is 6.06. The van der Waals surface area contributed by atoms with Crippen LogP contribution in [0.1, 0.15) is 18.5 Å². The molecule has 35 heavy (non-hydrogen) atoms. The summed E-state index contributed by atoms with van der Waals surface area (Å²) >= 11 is 0. The van der Waals surface area contributed by atoms with E-state index in [1.807, 2.05) is 18.2 Å². The number of hydrogen-bond acceptors (Lipinski definition) is 7. The van der Waals surface area contributed by atoms with Gasteiger partial charge < -0.3 is 15.7 Å². The van der Waals surface area contributed by atoms with Gasteiger partial charge in [-0.2, -0.15) is 4.98 Å². The number of aromatic nitrogens is 3. The second-order valence-electron chi connectivity index (χ2n) is 7.99. The topological polar surface area (TPSA) is 135 Å². The van der Waals surface area contributed by atoms with Gasteiger partial charge in [0.05, 0.1) is 10.5 Å². The largest absolute Gasteiger partial charge is 0.508 e. The van der Waals surface area contributed by atoms with Gasteiger partial charge in [-0.3, -0.25) is 14.9 Å². The Labute approximate surface area is 199 Å². The van der Waals surface area contributed by atoms with Gasteiger partial charge in [-0.1, -0.05) is 30.3 Å². The minimum Gasteiger partial charge on any atom is -0.508 e. The van der Waals surface area contributed by atoms with E-state index in [-0.39, 0.29) is 17.3 Å². The lowest BCUT2D eigenvalue weighted by molar-refractivity contribution is -0.384. The first-order valence-electron chi connectivity index (χ1n) is 10.7. The third kappa shape index (κ3) is 4.20. The highest BCUT2D eigenvalue weighted by atomic mass is 16.6. The molecule has 1 unspecified atom stereocenters. The molecule has 0 fully saturated rings. The molecule has 0 bridgehead atoms. The molecule has 1 amide bonds. The summed E-state index contributed by atoms with van der Waals surface area (Å²) in [6.07, 6.45) is 0. The van der Waals surface area contributed by atoms with Crippen LogP contribution in [-0.2, 0) is 4.79 Å². The SMILES string of the molecule is CC1=C(C(=O)Nc2ccccc2)C(c2ccc([N+](=O)[O-])cc2)n2nc(-c3cccc(O)c3)nc2N1. The van der Waals surface area contributed by atoms with Crippen molar-refractivity contribution in [3.63, 3.8) is 0 Å². The molecule has 3 N–H and O–H groups in total. The standard InChI is InChI=1S/C25H20N6O4/c1-15-21(24(33)27-18-7-3-2-4-8-18)22(16-10-12-19(13-11-16)31(34)35)30-25(26-15)28-23(29-30)17-6-5-9-20(32)14-17/h2-14,22,32H,1H3,(H,27,33)(H,26,28,29). The number of nitrogens with zero attached hydrogens (tertiary/aromatic N) is 4. The number of rotatable bonds is 5. The minimum atomic E-state index is -0.700. The van der Waals surface area contributed by atoms with E-state index < -0.39 is 11.0 Å². The fraction of sp³-hybridized carbons (Fsp3) is 0.0800. The number of hydrogen-bond donors (Lipinski definition) is 3. The summed E-state index contributed by atoms with van der Waals surface area (Å²) in [6, 6.07) is 20.9. The number of non-ortho nitro benzene ring substituents is 1. The number of para-hydroxylation sites is 1. The van der Waals surface area contributed by atoms with Gasteiger partial charge in [0.1, 0.15) is 11.8 Å². The van der Waals surface area contributed by atoms with Crippen molar-refractivity contribution in [1.29, 1.82) is 0 Å². The highest BCUT2D eigenvalue weighted by Crippen LogP contribution is 2.37. The van der Waals surface area contributed by atoms with Crippen LogP contribution in [0, 0.1) is 10.1 Å². The first kappa shape index (κ1) is 21.8. The molecule has 0 spiro atoms. The number of anilines is 2. The van der Waals surface area contributed by atoms with Crippen LogP contribution in [0.5, 0.6) is 5.75 Å². The number of aromatic hydroxyl groups is 1. The van der Waals surface area contributed by atoms with Gasteiger partial charge in [0.2, 0.25) is 5.95 Å². The number of allylic oxidation sites excluding steroid dienone is 1. The zero-order chi connectivity index (χ0) is 24.5. The quantitative estimate of drug-likeness (QED) is 0.290. The first-order valence-corrected chi connectivity index (χ1v) is 10.7. The van der Waals surface area contributed by atoms with Crippen molar-refractivity contribution < 1.29 is 14.8 Å². The molecule has 1 atom stereocenters. The number of phenolic OH excluding ortho intramolecular Hbond substituents is 1. The van der Waals surface area contributed by atoms with E-state index in [1.54, 1.807) is 60.1 Å². The average molecular weight is 468 g/mol. The maximum Gasteiger partial charge on any atom is 0.269 e. The van der Waals surface area contributed by atoms with Gasteiger partial charge in [0.15, 0.2) is 5.82 Å². The van der Waals surface area contributed by atoms with Gasteiger partial charge >= 0.3 is 0 Å². The number of amides is 1. The van der Waals surface area contributed by atoms with Crippen LogP contribution in [-0.4, -0.2) is 30.7 Å². The Bertz CT molecular complexity index is 1460. The zero-order valence-corrected chi connectivity index (χ0v) is 18.5. The van der Waals surface area contributed by atoms with Crippen molar-refractivity contribution in [1.82, 2.24) is 14.8 Å². The second-order valence-corrected chi connectivity index (χ2v) is 7.99. The summed E-state index contributed by atoms with van der Waals surface area (Å²) < 4.78 is 1.58. The van der Waals surface area contributed by atoms with Crippen LogP contribution in [0.4, 0.5) is 17.3 Å². The lowest BCUT2D eigenvalue weighted by Gasteiger charge is -2.28. The summed E-state index contributed by atoms with van der Waals surface area (Å²) in [5, 5.41) is 31.7. The molecule has 10 nitrogen and oxygen atoms in total. The summed E-state index contributed by atoms with van der Waals surface area (Å²) in [4.78, 5) is 28.7. The fourth-order valence-electron chi connectivity index (χ4n) is 4.02. The molecular weight excluding hydrogens is 448 g/mol. The number of fused-ring (bicyclic) bond motifs is 1. The van der Waals surface area contributed by atoms with Gasteiger partial charge in [-0.25, -0.2) is 4.68 Å². The Morgan fingerprint density at radius 1 is 1.09 bits per heavy atom. The van der Waals surface area contributed by atoms with Crippen LogP contribution in [0.2, 0.25) is 0 Å². The van der Waals surface area contributed by atoms with E-state index in [0.717, 1.165) is 0 Å². The van der Waals surface area contributed by atoms with Crippen LogP contribution in [0.3, 0.4) is 0 Å². The molecule has 3 aromatic carbocycles. The summed E-state index contributed by atoms with van der Waals surface area (Å²) in [5.41, 5.74) is 2.77. The Hall–Kier alpha value is -4.99. The normalized spacial score (nSPS) is 14.7. The summed E-state index contributed by atoms with van der Waals surface area (Å²) in [5.74, 6) is 0.491. The molecule has 5 rings (SSSR count). The Morgan fingerprint density at radius 3 is 2.51 bits per heavy atom. The molecule has 0 radical (unpaired) electrons. The maximum atomic E-state index is 13.5. The summed E-state index contributed by atoms with van der Waals surface area (Å²) in [6.45, 7) is 1.77. The number of nitrogens with one attached hydrogen (secondary N) is 2. The van der Waals surface area contributed by atoms with Crippen LogP contribution >= 0.6 is 0 Å². The fourth-order valence-corrected chi connectivity index (χ4v) is 4.02. The number of nitro benzene ring substituents is 1. The molecule has 174 valence electrons. The van der Waals surface area contributed by atoms with Crippen molar-refractivity contribution in [2.75, 3.05) is 10.6 Å². The number of benzene rings is 3. The zero-order valence-electron chi connectivity index (χ0n) is 18.5. The van der Waals surface area contributed by atoms with Crippen LogP contribution in [0.15, 0.2) is 90.1 Å². The maximum absolute atomic E-state index is 13.5. The molecule has 4 aromatic rings. The van der Waals surface area contributed by atoms with E-state index in [2.05, 4.69) is 20.7 Å². The number of nitro groups is 1. The van der Waals surface area contributed by atoms with Gasteiger partial charge in [0.25, 0.3) is 11.6 Å². The molecule has 1 aliphatic rings. The predicted octanol–water partition coefficient (Wildman–Crippen LogP) is 4.49.